The minimum absolute atomic E-state index is 0.00842. The Morgan fingerprint density at radius 2 is 1.66 bits per heavy atom. The predicted molar refractivity (Wildman–Crippen MR) is 104 cm³/mol. The van der Waals surface area contributed by atoms with Crippen molar-refractivity contribution >= 4 is 18.0 Å². The van der Waals surface area contributed by atoms with E-state index in [0.717, 1.165) is 37.7 Å². The summed E-state index contributed by atoms with van der Waals surface area (Å²) < 4.78 is 10.1. The number of nitrogens with one attached hydrogen (secondary N) is 1. The fourth-order valence-corrected chi connectivity index (χ4v) is 2.32. The molecule has 2 amide bonds. The molecule has 0 saturated carbocycles. The summed E-state index contributed by atoms with van der Waals surface area (Å²) in [5, 5.41) is 2.56. The van der Waals surface area contributed by atoms with Crippen molar-refractivity contribution in [2.24, 2.45) is 5.73 Å². The maximum absolute atomic E-state index is 11.7. The van der Waals surface area contributed by atoms with Gasteiger partial charge in [-0.2, -0.15) is 4.89 Å². The van der Waals surface area contributed by atoms with Crippen molar-refractivity contribution in [2.75, 3.05) is 26.4 Å². The van der Waals surface area contributed by atoms with Crippen molar-refractivity contribution in [1.82, 2.24) is 5.32 Å². The van der Waals surface area contributed by atoms with Crippen molar-refractivity contribution in [1.29, 1.82) is 0 Å². The number of benzene rings is 1. The first kappa shape index (κ1) is 24.4. The van der Waals surface area contributed by atoms with Gasteiger partial charge in [-0.15, -0.1) is 0 Å². The average Bonchev–Trinajstić information content (AvgIpc) is 2.71. The molecule has 1 aromatic carbocycles. The van der Waals surface area contributed by atoms with E-state index < -0.39 is 12.0 Å². The lowest BCUT2D eigenvalue weighted by molar-refractivity contribution is -0.244. The molecule has 0 radical (unpaired) electrons. The van der Waals surface area contributed by atoms with Crippen LogP contribution in [-0.2, 0) is 35.4 Å². The summed E-state index contributed by atoms with van der Waals surface area (Å²) in [5.74, 6) is -0.759. The molecule has 0 fully saturated rings. The van der Waals surface area contributed by atoms with Crippen molar-refractivity contribution in [3.8, 4) is 0 Å². The molecule has 29 heavy (non-hydrogen) atoms. The second-order valence-corrected chi connectivity index (χ2v) is 6.30. The largest absolute Gasteiger partial charge is 0.461 e. The van der Waals surface area contributed by atoms with E-state index in [1.165, 1.54) is 0 Å². The molecule has 0 aliphatic rings. The van der Waals surface area contributed by atoms with Crippen LogP contribution in [0.4, 0.5) is 4.79 Å². The molecule has 9 nitrogen and oxygen atoms in total. The molecule has 162 valence electrons. The zero-order chi connectivity index (χ0) is 21.2. The van der Waals surface area contributed by atoms with Crippen LogP contribution in [0, 0.1) is 0 Å². The Morgan fingerprint density at radius 1 is 0.931 bits per heavy atom. The van der Waals surface area contributed by atoms with Crippen molar-refractivity contribution < 1.29 is 33.6 Å². The molecule has 0 aliphatic heterocycles. The number of nitrogens with two attached hydrogens (primary N) is 1. The van der Waals surface area contributed by atoms with Crippen LogP contribution in [0.25, 0.3) is 0 Å². The molecule has 0 atom stereocenters. The Kier molecular flexibility index (Phi) is 13.7. The minimum Gasteiger partial charge on any atom is -0.461 e. The van der Waals surface area contributed by atoms with Crippen molar-refractivity contribution in [3.63, 3.8) is 0 Å². The highest BCUT2D eigenvalue weighted by atomic mass is 17.2. The number of esters is 1. The van der Waals surface area contributed by atoms with E-state index in [9.17, 15) is 14.4 Å². The van der Waals surface area contributed by atoms with Gasteiger partial charge in [-0.1, -0.05) is 49.6 Å². The number of carbonyl (C=O) groups is 3. The van der Waals surface area contributed by atoms with Gasteiger partial charge < -0.3 is 20.5 Å². The Labute approximate surface area is 170 Å². The molecule has 0 spiro atoms. The Morgan fingerprint density at radius 3 is 2.41 bits per heavy atom. The Hall–Kier alpha value is -2.65. The summed E-state index contributed by atoms with van der Waals surface area (Å²) in [4.78, 5) is 42.5. The van der Waals surface area contributed by atoms with E-state index in [1.807, 2.05) is 30.3 Å². The van der Waals surface area contributed by atoms with Gasteiger partial charge in [-0.25, -0.2) is 4.79 Å². The van der Waals surface area contributed by atoms with Crippen LogP contribution >= 0.6 is 0 Å². The topological polar surface area (TPSA) is 126 Å². The van der Waals surface area contributed by atoms with Gasteiger partial charge in [0, 0.05) is 13.0 Å². The molecule has 0 aliphatic carbocycles. The molecule has 1 aromatic rings. The predicted octanol–water partition coefficient (Wildman–Crippen LogP) is 2.23. The lowest BCUT2D eigenvalue weighted by atomic mass is 10.1. The maximum atomic E-state index is 11.7. The zero-order valence-electron chi connectivity index (χ0n) is 16.6. The molecular formula is C20H30N2O7. The SMILES string of the molecule is NC(=O)COCCOOC(=O)NCCCCCCCC(=O)OCc1ccccc1. The number of unbranched alkanes of at least 4 members (excludes halogenated alkanes) is 4. The third-order valence-electron chi connectivity index (χ3n) is 3.76. The fourth-order valence-electron chi connectivity index (χ4n) is 2.32. The number of amides is 2. The summed E-state index contributed by atoms with van der Waals surface area (Å²) in [7, 11) is 0. The fraction of sp³-hybridized carbons (Fsp3) is 0.550. The molecule has 0 saturated heterocycles. The van der Waals surface area contributed by atoms with Crippen LogP contribution < -0.4 is 11.1 Å². The number of hydrogen-bond donors (Lipinski definition) is 2. The smallest absolute Gasteiger partial charge is 0.438 e. The summed E-state index contributed by atoms with van der Waals surface area (Å²) in [6.45, 7) is 0.681. The highest BCUT2D eigenvalue weighted by molar-refractivity contribution is 5.74. The van der Waals surface area contributed by atoms with Gasteiger partial charge in [0.2, 0.25) is 5.91 Å². The number of hydrogen-bond acceptors (Lipinski definition) is 7. The first-order valence-corrected chi connectivity index (χ1v) is 9.71. The first-order chi connectivity index (χ1) is 14.1. The van der Waals surface area contributed by atoms with Gasteiger partial charge in [0.15, 0.2) is 0 Å². The van der Waals surface area contributed by atoms with E-state index in [2.05, 4.69) is 15.1 Å². The number of primary amides is 1. The quantitative estimate of drug-likeness (QED) is 0.185. The monoisotopic (exact) mass is 410 g/mol. The molecular weight excluding hydrogens is 380 g/mol. The lowest BCUT2D eigenvalue weighted by Crippen LogP contribution is -2.26. The number of carbonyl (C=O) groups excluding carboxylic acids is 3. The van der Waals surface area contributed by atoms with Gasteiger partial charge in [-0.05, 0) is 18.4 Å². The molecule has 3 N–H and O–H groups in total. The summed E-state index contributed by atoms with van der Waals surface area (Å²) in [5.41, 5.74) is 5.87. The molecule has 0 aromatic heterocycles. The molecule has 1 rings (SSSR count). The third-order valence-corrected chi connectivity index (χ3v) is 3.76. The maximum Gasteiger partial charge on any atom is 0.438 e. The van der Waals surface area contributed by atoms with Crippen molar-refractivity contribution in [3.05, 3.63) is 35.9 Å². The molecule has 0 bridgehead atoms. The summed E-state index contributed by atoms with van der Waals surface area (Å²) >= 11 is 0. The summed E-state index contributed by atoms with van der Waals surface area (Å²) in [6, 6.07) is 9.59. The second-order valence-electron chi connectivity index (χ2n) is 6.30. The van der Waals surface area contributed by atoms with Gasteiger partial charge in [0.25, 0.3) is 0 Å². The van der Waals surface area contributed by atoms with Crippen LogP contribution in [0.3, 0.4) is 0 Å². The zero-order valence-corrected chi connectivity index (χ0v) is 16.6. The highest BCUT2D eigenvalue weighted by Crippen LogP contribution is 2.07. The van der Waals surface area contributed by atoms with E-state index in [-0.39, 0.29) is 25.8 Å². The van der Waals surface area contributed by atoms with Gasteiger partial charge in [0.05, 0.1) is 6.61 Å². The van der Waals surface area contributed by atoms with E-state index >= 15 is 0 Å². The highest BCUT2D eigenvalue weighted by Gasteiger charge is 2.04. The van der Waals surface area contributed by atoms with Crippen molar-refractivity contribution in [2.45, 2.75) is 45.1 Å². The number of ether oxygens (including phenoxy) is 2. The van der Waals surface area contributed by atoms with Gasteiger partial charge in [0.1, 0.15) is 19.8 Å². The van der Waals surface area contributed by atoms with E-state index in [0.29, 0.717) is 19.6 Å². The number of rotatable bonds is 16. The van der Waals surface area contributed by atoms with Crippen LogP contribution in [0.15, 0.2) is 30.3 Å². The summed E-state index contributed by atoms with van der Waals surface area (Å²) in [6.07, 6.45) is 4.15. The molecule has 0 unspecified atom stereocenters. The third kappa shape index (κ3) is 15.0. The van der Waals surface area contributed by atoms with Crippen LogP contribution in [-0.4, -0.2) is 44.3 Å². The molecule has 9 heteroatoms. The Balaban J connectivity index is 1.85. The van der Waals surface area contributed by atoms with Crippen LogP contribution in [0.5, 0.6) is 0 Å². The standard InChI is InChI=1S/C20H30N2O7/c21-18(23)16-26-13-14-28-29-20(25)22-12-8-3-1-2-7-11-19(24)27-15-17-9-5-4-6-10-17/h4-6,9-10H,1-3,7-8,11-16H2,(H2,21,23)(H,22,25). The molecule has 0 heterocycles. The average molecular weight is 410 g/mol. The van der Waals surface area contributed by atoms with Gasteiger partial charge in [-0.3, -0.25) is 14.5 Å². The van der Waals surface area contributed by atoms with Crippen LogP contribution in [0.2, 0.25) is 0 Å². The van der Waals surface area contributed by atoms with Crippen LogP contribution in [0.1, 0.15) is 44.1 Å². The normalized spacial score (nSPS) is 10.3. The van der Waals surface area contributed by atoms with E-state index in [1.54, 1.807) is 0 Å². The minimum atomic E-state index is -0.680. The van der Waals surface area contributed by atoms with E-state index in [4.69, 9.17) is 15.2 Å². The lowest BCUT2D eigenvalue weighted by Gasteiger charge is -2.06. The first-order valence-electron chi connectivity index (χ1n) is 9.71. The van der Waals surface area contributed by atoms with Gasteiger partial charge >= 0.3 is 12.1 Å². The second kappa shape index (κ2) is 16.3. The Bertz CT molecular complexity index is 596.